The van der Waals surface area contributed by atoms with Crippen LogP contribution in [0.5, 0.6) is 23.0 Å². The number of benzene rings is 3. The number of nitrogens with zero attached hydrogens (tertiary/aromatic N) is 1. The lowest BCUT2D eigenvalue weighted by Crippen LogP contribution is -2.49. The molecule has 8 nitrogen and oxygen atoms in total. The van der Waals surface area contributed by atoms with Gasteiger partial charge in [-0.25, -0.2) is 0 Å². The molecule has 0 spiro atoms. The summed E-state index contributed by atoms with van der Waals surface area (Å²) >= 11 is 0. The molecule has 3 aromatic rings. The second kappa shape index (κ2) is 10.7. The number of methoxy groups -OCH3 is 3. The van der Waals surface area contributed by atoms with Gasteiger partial charge in [0.2, 0.25) is 0 Å². The molecular weight excluding hydrogens is 474 g/mol. The molecule has 1 unspecified atom stereocenters. The Labute approximate surface area is 215 Å². The molecule has 1 N–H and O–H groups in total. The van der Waals surface area contributed by atoms with Crippen molar-refractivity contribution in [1.82, 2.24) is 4.90 Å². The normalized spacial score (nSPS) is 16.8. The number of amides is 1. The van der Waals surface area contributed by atoms with Crippen molar-refractivity contribution in [3.63, 3.8) is 0 Å². The minimum absolute atomic E-state index is 0.0296. The fourth-order valence-electron chi connectivity index (χ4n) is 4.53. The van der Waals surface area contributed by atoms with Crippen LogP contribution in [0.3, 0.4) is 0 Å². The molecule has 37 heavy (non-hydrogen) atoms. The van der Waals surface area contributed by atoms with Crippen molar-refractivity contribution in [2.24, 2.45) is 0 Å². The monoisotopic (exact) mass is 503 g/mol. The first-order valence-electron chi connectivity index (χ1n) is 11.7. The van der Waals surface area contributed by atoms with Crippen LogP contribution in [0, 0.1) is 0 Å². The van der Waals surface area contributed by atoms with Crippen LogP contribution >= 0.6 is 0 Å². The molecule has 3 aromatic carbocycles. The summed E-state index contributed by atoms with van der Waals surface area (Å²) in [6, 6.07) is 18.9. The van der Waals surface area contributed by atoms with E-state index in [4.69, 9.17) is 18.9 Å². The lowest BCUT2D eigenvalue weighted by molar-refractivity contribution is -0.131. The van der Waals surface area contributed by atoms with Gasteiger partial charge in [-0.05, 0) is 54.4 Å². The highest BCUT2D eigenvalue weighted by molar-refractivity contribution is 6.11. The molecule has 1 aliphatic heterocycles. The third-order valence-corrected chi connectivity index (χ3v) is 6.29. The van der Waals surface area contributed by atoms with E-state index in [9.17, 15) is 14.7 Å². The van der Waals surface area contributed by atoms with E-state index in [0.717, 1.165) is 5.56 Å². The smallest absolute Gasteiger partial charge is 0.290 e. The number of hydrogen-bond acceptors (Lipinski definition) is 7. The molecule has 1 atom stereocenters. The average Bonchev–Trinajstić information content (AvgIpc) is 3.18. The minimum Gasteiger partial charge on any atom is -0.503 e. The molecule has 0 saturated carbocycles. The van der Waals surface area contributed by atoms with E-state index in [1.54, 1.807) is 67.8 Å². The molecular formula is C29H29NO7. The topological polar surface area (TPSA) is 94.5 Å². The Balaban J connectivity index is 1.93. The van der Waals surface area contributed by atoms with Crippen LogP contribution in [-0.2, 0) is 16.9 Å². The molecule has 0 fully saturated rings. The quantitative estimate of drug-likeness (QED) is 0.402. The molecule has 0 bridgehead atoms. The Morgan fingerprint density at radius 1 is 0.892 bits per heavy atom. The van der Waals surface area contributed by atoms with Crippen molar-refractivity contribution in [3.05, 3.63) is 95.3 Å². The molecule has 0 aromatic heterocycles. The van der Waals surface area contributed by atoms with Crippen LogP contribution in [0.2, 0.25) is 0 Å². The summed E-state index contributed by atoms with van der Waals surface area (Å²) < 4.78 is 21.8. The number of ether oxygens (including phenoxy) is 4. The summed E-state index contributed by atoms with van der Waals surface area (Å²) in [4.78, 5) is 29.1. The van der Waals surface area contributed by atoms with Gasteiger partial charge in [-0.15, -0.1) is 0 Å². The van der Waals surface area contributed by atoms with Gasteiger partial charge in [-0.2, -0.15) is 0 Å². The van der Waals surface area contributed by atoms with Crippen LogP contribution in [0.4, 0.5) is 0 Å². The van der Waals surface area contributed by atoms with Crippen molar-refractivity contribution < 1.29 is 33.6 Å². The second-order valence-electron chi connectivity index (χ2n) is 8.40. The van der Waals surface area contributed by atoms with Gasteiger partial charge in [0, 0.05) is 18.2 Å². The summed E-state index contributed by atoms with van der Waals surface area (Å²) in [6.45, 7) is 2.31. The van der Waals surface area contributed by atoms with Gasteiger partial charge >= 0.3 is 0 Å². The van der Waals surface area contributed by atoms with Gasteiger partial charge in [0.25, 0.3) is 5.91 Å². The van der Waals surface area contributed by atoms with Crippen molar-refractivity contribution in [1.29, 1.82) is 0 Å². The van der Waals surface area contributed by atoms with Crippen LogP contribution in [-0.4, -0.2) is 49.6 Å². The van der Waals surface area contributed by atoms with Gasteiger partial charge in [-0.1, -0.05) is 30.3 Å². The third kappa shape index (κ3) is 4.70. The molecule has 192 valence electrons. The highest BCUT2D eigenvalue weighted by Crippen LogP contribution is 2.44. The first kappa shape index (κ1) is 25.6. The molecule has 8 heteroatoms. The number of rotatable bonds is 10. The van der Waals surface area contributed by atoms with Crippen LogP contribution in [0.1, 0.15) is 28.4 Å². The van der Waals surface area contributed by atoms with E-state index in [1.165, 1.54) is 25.2 Å². The fraction of sp³-hybridized carbons (Fsp3) is 0.241. The Hall–Kier alpha value is -4.46. The fourth-order valence-corrected chi connectivity index (χ4v) is 4.53. The van der Waals surface area contributed by atoms with E-state index >= 15 is 0 Å². The first-order chi connectivity index (χ1) is 17.9. The van der Waals surface area contributed by atoms with Gasteiger partial charge in [0.1, 0.15) is 11.5 Å². The molecule has 4 rings (SSSR count). The van der Waals surface area contributed by atoms with Crippen molar-refractivity contribution in [2.75, 3.05) is 27.9 Å². The van der Waals surface area contributed by atoms with E-state index in [0.29, 0.717) is 40.7 Å². The zero-order valence-corrected chi connectivity index (χ0v) is 21.2. The predicted octanol–water partition coefficient (Wildman–Crippen LogP) is 4.67. The predicted molar refractivity (Wildman–Crippen MR) is 137 cm³/mol. The molecule has 1 aliphatic rings. The number of ketones is 1. The summed E-state index contributed by atoms with van der Waals surface area (Å²) in [5.74, 6) is 0.356. The van der Waals surface area contributed by atoms with Crippen LogP contribution < -0.4 is 18.9 Å². The van der Waals surface area contributed by atoms with E-state index in [-0.39, 0.29) is 6.54 Å². The third-order valence-electron chi connectivity index (χ3n) is 6.29. The van der Waals surface area contributed by atoms with Gasteiger partial charge in [0.15, 0.2) is 28.6 Å². The lowest BCUT2D eigenvalue weighted by Gasteiger charge is -2.37. The highest BCUT2D eigenvalue weighted by atomic mass is 16.5. The number of carbonyl (C=O) groups excluding carboxylic acids is 2. The zero-order chi connectivity index (χ0) is 26.6. The van der Waals surface area contributed by atoms with E-state index in [2.05, 4.69) is 0 Å². The number of Topliss-reactive ketones (excluding diaryl/α,β-unsaturated/α-hetero) is 1. The van der Waals surface area contributed by atoms with Crippen LogP contribution in [0.25, 0.3) is 0 Å². The minimum atomic E-state index is -1.67. The van der Waals surface area contributed by atoms with Gasteiger partial charge in [-0.3, -0.25) is 9.59 Å². The maximum atomic E-state index is 14.4. The number of aliphatic hydroxyl groups excluding tert-OH is 1. The van der Waals surface area contributed by atoms with Crippen molar-refractivity contribution in [3.8, 4) is 23.0 Å². The molecule has 0 saturated heterocycles. The van der Waals surface area contributed by atoms with E-state index < -0.39 is 23.0 Å². The summed E-state index contributed by atoms with van der Waals surface area (Å²) in [7, 11) is 4.55. The SMILES string of the molecule is CCOc1cccc(C(=O)C2(c3ccc(OC)c(OC)c3)C=C(O)C(=O)N2Cc2cccc(OC)c2)c1. The summed E-state index contributed by atoms with van der Waals surface area (Å²) in [5.41, 5.74) is -0.210. The zero-order valence-electron chi connectivity index (χ0n) is 21.2. The molecule has 0 radical (unpaired) electrons. The van der Waals surface area contributed by atoms with Gasteiger partial charge in [0.05, 0.1) is 27.9 Å². The standard InChI is InChI=1S/C29H29NO7/c1-5-37-23-11-7-9-20(15-23)27(32)29(21-12-13-25(35-3)26(16-21)36-4)17-24(31)28(33)30(29)18-19-8-6-10-22(14-19)34-2/h6-17,31H,5,18H2,1-4H3. The molecule has 1 amide bonds. The summed E-state index contributed by atoms with van der Waals surface area (Å²) in [5, 5.41) is 10.7. The molecule has 1 heterocycles. The Kier molecular flexibility index (Phi) is 7.38. The van der Waals surface area contributed by atoms with Crippen molar-refractivity contribution >= 4 is 11.7 Å². The Morgan fingerprint density at radius 3 is 2.32 bits per heavy atom. The second-order valence-corrected chi connectivity index (χ2v) is 8.40. The number of aliphatic hydroxyl groups is 1. The lowest BCUT2D eigenvalue weighted by atomic mass is 9.81. The van der Waals surface area contributed by atoms with Crippen molar-refractivity contribution in [2.45, 2.75) is 19.0 Å². The van der Waals surface area contributed by atoms with Gasteiger partial charge < -0.3 is 29.0 Å². The Bertz CT molecular complexity index is 1350. The largest absolute Gasteiger partial charge is 0.503 e. The summed E-state index contributed by atoms with van der Waals surface area (Å²) in [6.07, 6.45) is 1.30. The number of hydrogen-bond donors (Lipinski definition) is 1. The maximum Gasteiger partial charge on any atom is 0.290 e. The maximum absolute atomic E-state index is 14.4. The molecule has 0 aliphatic carbocycles. The van der Waals surface area contributed by atoms with E-state index in [1.807, 2.05) is 13.0 Å². The first-order valence-corrected chi connectivity index (χ1v) is 11.7. The number of carbonyl (C=O) groups is 2. The Morgan fingerprint density at radius 2 is 1.62 bits per heavy atom. The highest BCUT2D eigenvalue weighted by Gasteiger charge is 2.52. The average molecular weight is 504 g/mol. The van der Waals surface area contributed by atoms with Crippen LogP contribution in [0.15, 0.2) is 78.6 Å².